The zero-order valence-corrected chi connectivity index (χ0v) is 16.0. The van der Waals surface area contributed by atoms with E-state index < -0.39 is 24.7 Å². The van der Waals surface area contributed by atoms with Crippen molar-refractivity contribution in [1.29, 1.82) is 0 Å². The van der Waals surface area contributed by atoms with Gasteiger partial charge < -0.3 is 26.0 Å². The van der Waals surface area contributed by atoms with Gasteiger partial charge in [-0.2, -0.15) is 0 Å². The van der Waals surface area contributed by atoms with Crippen LogP contribution in [0.4, 0.5) is 5.69 Å². The Morgan fingerprint density at radius 3 is 2.22 bits per heavy atom. The molecule has 0 heterocycles. The largest absolute Gasteiger partial charge is 0.484 e. The van der Waals surface area contributed by atoms with Crippen molar-refractivity contribution in [2.45, 2.75) is 38.3 Å². The first-order chi connectivity index (χ1) is 12.7. The molecule has 0 saturated carbocycles. The summed E-state index contributed by atoms with van der Waals surface area (Å²) in [7, 11) is 0. The Labute approximate surface area is 160 Å². The van der Waals surface area contributed by atoms with Crippen LogP contribution in [0.25, 0.3) is 0 Å². The third kappa shape index (κ3) is 5.98. The van der Waals surface area contributed by atoms with Gasteiger partial charge in [0.05, 0.1) is 12.6 Å². The van der Waals surface area contributed by atoms with Crippen molar-refractivity contribution >= 4 is 11.6 Å². The van der Waals surface area contributed by atoms with Gasteiger partial charge in [0, 0.05) is 5.69 Å². The summed E-state index contributed by atoms with van der Waals surface area (Å²) in [6.45, 7) is 5.75. The summed E-state index contributed by atoms with van der Waals surface area (Å²) in [6.07, 6.45) is -1.05. The molecule has 0 aliphatic heterocycles. The lowest BCUT2D eigenvalue weighted by molar-refractivity contribution is -0.125. The minimum Gasteiger partial charge on any atom is -0.484 e. The molecule has 2 aromatic rings. The number of carbonyl (C=O) groups excluding carboxylic acids is 1. The van der Waals surface area contributed by atoms with E-state index in [4.69, 9.17) is 10.5 Å². The number of benzene rings is 2. The first-order valence-electron chi connectivity index (χ1n) is 8.88. The van der Waals surface area contributed by atoms with E-state index in [1.165, 1.54) is 5.56 Å². The molecule has 0 saturated heterocycles. The minimum absolute atomic E-state index is 0.0441. The summed E-state index contributed by atoms with van der Waals surface area (Å²) in [5.41, 5.74) is 7.97. The lowest BCUT2D eigenvalue weighted by Gasteiger charge is -2.23. The van der Waals surface area contributed by atoms with Crippen LogP contribution in [0, 0.1) is 0 Å². The van der Waals surface area contributed by atoms with Crippen molar-refractivity contribution in [1.82, 2.24) is 5.32 Å². The SMILES string of the molecule is CC(C)(C)c1ccc(OCC(=O)NC(CO)C(O)c2ccc(N)cc2)cc1. The number of amides is 1. The zero-order valence-electron chi connectivity index (χ0n) is 16.0. The highest BCUT2D eigenvalue weighted by Gasteiger charge is 2.22. The van der Waals surface area contributed by atoms with Gasteiger partial charge in [0.1, 0.15) is 11.9 Å². The highest BCUT2D eigenvalue weighted by Crippen LogP contribution is 2.24. The number of rotatable bonds is 7. The lowest BCUT2D eigenvalue weighted by Crippen LogP contribution is -2.43. The van der Waals surface area contributed by atoms with E-state index in [9.17, 15) is 15.0 Å². The Kier molecular flexibility index (Phi) is 6.82. The normalized spacial score (nSPS) is 13.7. The number of aliphatic hydroxyl groups excluding tert-OH is 2. The Morgan fingerprint density at radius 1 is 1.11 bits per heavy atom. The second-order valence-electron chi connectivity index (χ2n) is 7.53. The molecule has 2 atom stereocenters. The lowest BCUT2D eigenvalue weighted by atomic mass is 9.87. The second kappa shape index (κ2) is 8.88. The molecule has 27 heavy (non-hydrogen) atoms. The molecule has 5 N–H and O–H groups in total. The molecular weight excluding hydrogens is 344 g/mol. The number of carbonyl (C=O) groups is 1. The number of hydrogen-bond donors (Lipinski definition) is 4. The van der Waals surface area contributed by atoms with Crippen LogP contribution < -0.4 is 15.8 Å². The molecule has 1 amide bonds. The quantitative estimate of drug-likeness (QED) is 0.558. The molecule has 0 bridgehead atoms. The van der Waals surface area contributed by atoms with Gasteiger partial charge in [-0.05, 0) is 40.8 Å². The van der Waals surface area contributed by atoms with Gasteiger partial charge >= 0.3 is 0 Å². The summed E-state index contributed by atoms with van der Waals surface area (Å²) in [5.74, 6) is 0.154. The molecule has 6 nitrogen and oxygen atoms in total. The van der Waals surface area contributed by atoms with Crippen LogP contribution in [-0.2, 0) is 10.2 Å². The van der Waals surface area contributed by atoms with E-state index in [1.54, 1.807) is 24.3 Å². The van der Waals surface area contributed by atoms with Crippen LogP contribution in [0.15, 0.2) is 48.5 Å². The fourth-order valence-corrected chi connectivity index (χ4v) is 2.60. The standard InChI is InChI=1S/C21H28N2O4/c1-21(2,3)15-6-10-17(11-7-15)27-13-19(25)23-18(12-24)20(26)14-4-8-16(22)9-5-14/h4-11,18,20,24,26H,12-13,22H2,1-3H3,(H,23,25). The number of hydrogen-bond acceptors (Lipinski definition) is 5. The first-order valence-corrected chi connectivity index (χ1v) is 8.88. The van der Waals surface area contributed by atoms with E-state index >= 15 is 0 Å². The van der Waals surface area contributed by atoms with Gasteiger partial charge in [0.2, 0.25) is 0 Å². The van der Waals surface area contributed by atoms with Gasteiger partial charge in [-0.3, -0.25) is 4.79 Å². The molecule has 2 rings (SSSR count). The molecule has 146 valence electrons. The minimum atomic E-state index is -1.05. The van der Waals surface area contributed by atoms with Crippen molar-refractivity contribution in [3.05, 3.63) is 59.7 Å². The predicted octanol–water partition coefficient (Wildman–Crippen LogP) is 2.16. The predicted molar refractivity (Wildman–Crippen MR) is 105 cm³/mol. The summed E-state index contributed by atoms with van der Waals surface area (Å²) in [6, 6.07) is 13.3. The van der Waals surface area contributed by atoms with Crippen LogP contribution in [-0.4, -0.2) is 35.4 Å². The number of nitrogen functional groups attached to an aromatic ring is 1. The van der Waals surface area contributed by atoms with E-state index in [0.29, 0.717) is 17.0 Å². The number of nitrogens with two attached hydrogens (primary N) is 1. The smallest absolute Gasteiger partial charge is 0.258 e. The molecule has 0 aliphatic carbocycles. The topological polar surface area (TPSA) is 105 Å². The fraction of sp³-hybridized carbons (Fsp3) is 0.381. The van der Waals surface area contributed by atoms with E-state index in [0.717, 1.165) is 0 Å². The van der Waals surface area contributed by atoms with Gasteiger partial charge in [-0.1, -0.05) is 45.0 Å². The maximum absolute atomic E-state index is 12.1. The second-order valence-corrected chi connectivity index (χ2v) is 7.53. The Bertz CT molecular complexity index is 736. The summed E-state index contributed by atoms with van der Waals surface area (Å²) >= 11 is 0. The van der Waals surface area contributed by atoms with Crippen molar-refractivity contribution in [3.8, 4) is 5.75 Å². The first kappa shape index (κ1) is 20.7. The summed E-state index contributed by atoms with van der Waals surface area (Å²) in [4.78, 5) is 12.1. The Balaban J connectivity index is 1.90. The Morgan fingerprint density at radius 2 is 1.70 bits per heavy atom. The van der Waals surface area contributed by atoms with Gasteiger partial charge in [-0.25, -0.2) is 0 Å². The molecule has 6 heteroatoms. The van der Waals surface area contributed by atoms with Crippen molar-refractivity contribution in [3.63, 3.8) is 0 Å². The summed E-state index contributed by atoms with van der Waals surface area (Å²) in [5, 5.41) is 22.5. The van der Waals surface area contributed by atoms with Crippen LogP contribution in [0.2, 0.25) is 0 Å². The monoisotopic (exact) mass is 372 g/mol. The highest BCUT2D eigenvalue weighted by molar-refractivity contribution is 5.78. The number of aliphatic hydroxyl groups is 2. The molecule has 0 aromatic heterocycles. The maximum atomic E-state index is 12.1. The molecular formula is C21H28N2O4. The number of anilines is 1. The van der Waals surface area contributed by atoms with Crippen molar-refractivity contribution in [2.75, 3.05) is 18.9 Å². The average molecular weight is 372 g/mol. The summed E-state index contributed by atoms with van der Waals surface area (Å²) < 4.78 is 5.49. The van der Waals surface area contributed by atoms with Crippen molar-refractivity contribution < 1.29 is 19.7 Å². The molecule has 0 spiro atoms. The zero-order chi connectivity index (χ0) is 20.0. The molecule has 2 unspecified atom stereocenters. The highest BCUT2D eigenvalue weighted by atomic mass is 16.5. The fourth-order valence-electron chi connectivity index (χ4n) is 2.60. The van der Waals surface area contributed by atoms with Gasteiger partial charge in [-0.15, -0.1) is 0 Å². The Hall–Kier alpha value is -2.57. The molecule has 0 fully saturated rings. The van der Waals surface area contributed by atoms with Crippen LogP contribution in [0.5, 0.6) is 5.75 Å². The molecule has 0 aliphatic rings. The third-order valence-electron chi connectivity index (χ3n) is 4.29. The van der Waals surface area contributed by atoms with Crippen LogP contribution in [0.3, 0.4) is 0 Å². The maximum Gasteiger partial charge on any atom is 0.258 e. The molecule has 2 aromatic carbocycles. The van der Waals surface area contributed by atoms with E-state index in [1.807, 2.05) is 24.3 Å². The van der Waals surface area contributed by atoms with Gasteiger partial charge in [0.15, 0.2) is 6.61 Å². The average Bonchev–Trinajstić information content (AvgIpc) is 2.64. The number of nitrogens with one attached hydrogen (secondary N) is 1. The van der Waals surface area contributed by atoms with E-state index in [-0.39, 0.29) is 12.0 Å². The molecule has 0 radical (unpaired) electrons. The van der Waals surface area contributed by atoms with E-state index in [2.05, 4.69) is 26.1 Å². The third-order valence-corrected chi connectivity index (χ3v) is 4.29. The van der Waals surface area contributed by atoms with Crippen molar-refractivity contribution in [2.24, 2.45) is 0 Å². The van der Waals surface area contributed by atoms with Gasteiger partial charge in [0.25, 0.3) is 5.91 Å². The number of ether oxygens (including phenoxy) is 1. The van der Waals surface area contributed by atoms with Crippen LogP contribution >= 0.6 is 0 Å². The van der Waals surface area contributed by atoms with Crippen LogP contribution in [0.1, 0.15) is 38.0 Å².